The van der Waals surface area contributed by atoms with E-state index in [1.54, 1.807) is 0 Å². The average Bonchev–Trinajstić information content (AvgIpc) is 2.58. The lowest BCUT2D eigenvalue weighted by molar-refractivity contribution is -0.0250. The van der Waals surface area contributed by atoms with E-state index in [1.807, 2.05) is 0 Å². The summed E-state index contributed by atoms with van der Waals surface area (Å²) in [5.74, 6) is 0. The predicted molar refractivity (Wildman–Crippen MR) is 49.1 cm³/mol. The highest BCUT2D eigenvalue weighted by Crippen LogP contribution is 2.33. The third kappa shape index (κ3) is 1.50. The first-order valence-electron chi connectivity index (χ1n) is 5.27. The Kier molecular flexibility index (Phi) is 2.37. The van der Waals surface area contributed by atoms with Crippen LogP contribution in [0.25, 0.3) is 0 Å². The van der Waals surface area contributed by atoms with Crippen LogP contribution in [0.4, 0.5) is 0 Å². The van der Waals surface area contributed by atoms with Crippen LogP contribution in [0.15, 0.2) is 0 Å². The summed E-state index contributed by atoms with van der Waals surface area (Å²) in [6.45, 7) is 1.10. The van der Waals surface area contributed by atoms with Crippen molar-refractivity contribution in [3.63, 3.8) is 0 Å². The maximum absolute atomic E-state index is 10.3. The lowest BCUT2D eigenvalue weighted by atomic mass is 9.79. The molecule has 0 aromatic rings. The van der Waals surface area contributed by atoms with E-state index in [0.717, 1.165) is 19.4 Å². The first kappa shape index (κ1) is 8.52. The minimum Gasteiger partial charge on any atom is -0.388 e. The number of nitrogens with one attached hydrogen (secondary N) is 1. The van der Waals surface area contributed by atoms with Crippen LogP contribution in [0, 0.1) is 0 Å². The quantitative estimate of drug-likeness (QED) is 0.622. The first-order chi connectivity index (χ1) is 5.81. The van der Waals surface area contributed by atoms with Gasteiger partial charge in [0.15, 0.2) is 0 Å². The molecule has 2 fully saturated rings. The fourth-order valence-electron chi connectivity index (χ4n) is 2.66. The fourth-order valence-corrected chi connectivity index (χ4v) is 2.66. The van der Waals surface area contributed by atoms with Crippen LogP contribution in [-0.2, 0) is 0 Å². The van der Waals surface area contributed by atoms with Crippen LogP contribution >= 0.6 is 0 Å². The summed E-state index contributed by atoms with van der Waals surface area (Å²) in [6.07, 6.45) is 8.21. The van der Waals surface area contributed by atoms with E-state index >= 15 is 0 Å². The van der Waals surface area contributed by atoms with Gasteiger partial charge in [-0.05, 0) is 32.2 Å². The highest BCUT2D eigenvalue weighted by atomic mass is 16.3. The van der Waals surface area contributed by atoms with Crippen LogP contribution in [0.2, 0.25) is 0 Å². The SMILES string of the molecule is OC1([C@H]2CCCN2)CCCCC1. The molecule has 1 aliphatic carbocycles. The predicted octanol–water partition coefficient (Wildman–Crippen LogP) is 1.43. The zero-order valence-electron chi connectivity index (χ0n) is 7.68. The third-order valence-electron chi connectivity index (χ3n) is 3.43. The lowest BCUT2D eigenvalue weighted by Gasteiger charge is -2.37. The summed E-state index contributed by atoms with van der Waals surface area (Å²) in [4.78, 5) is 0. The van der Waals surface area contributed by atoms with Gasteiger partial charge in [-0.25, -0.2) is 0 Å². The molecule has 1 atom stereocenters. The van der Waals surface area contributed by atoms with Crippen molar-refractivity contribution in [3.05, 3.63) is 0 Å². The Labute approximate surface area is 74.4 Å². The Bertz CT molecular complexity index is 146. The van der Waals surface area contributed by atoms with Crippen LogP contribution in [0.1, 0.15) is 44.9 Å². The van der Waals surface area contributed by atoms with Gasteiger partial charge in [-0.15, -0.1) is 0 Å². The molecule has 2 rings (SSSR count). The van der Waals surface area contributed by atoms with Crippen LogP contribution in [-0.4, -0.2) is 23.3 Å². The van der Waals surface area contributed by atoms with E-state index in [0.29, 0.717) is 6.04 Å². The Morgan fingerprint density at radius 3 is 2.42 bits per heavy atom. The number of hydrogen-bond donors (Lipinski definition) is 2. The Morgan fingerprint density at radius 1 is 1.08 bits per heavy atom. The summed E-state index contributed by atoms with van der Waals surface area (Å²) >= 11 is 0. The maximum atomic E-state index is 10.3. The monoisotopic (exact) mass is 169 g/mol. The van der Waals surface area contributed by atoms with Gasteiger partial charge in [-0.1, -0.05) is 19.3 Å². The molecule has 0 unspecified atom stereocenters. The molecular weight excluding hydrogens is 150 g/mol. The molecule has 1 aliphatic heterocycles. The topological polar surface area (TPSA) is 32.3 Å². The Balaban J connectivity index is 1.97. The van der Waals surface area contributed by atoms with E-state index in [2.05, 4.69) is 5.32 Å². The van der Waals surface area contributed by atoms with E-state index < -0.39 is 0 Å². The van der Waals surface area contributed by atoms with Gasteiger partial charge in [-0.2, -0.15) is 0 Å². The molecule has 0 bridgehead atoms. The van der Waals surface area contributed by atoms with E-state index in [1.165, 1.54) is 32.1 Å². The number of aliphatic hydroxyl groups is 1. The molecule has 1 heterocycles. The van der Waals surface area contributed by atoms with E-state index in [9.17, 15) is 5.11 Å². The highest BCUT2D eigenvalue weighted by Gasteiger charge is 2.38. The normalized spacial score (nSPS) is 35.2. The van der Waals surface area contributed by atoms with Crippen LogP contribution in [0.5, 0.6) is 0 Å². The van der Waals surface area contributed by atoms with E-state index in [-0.39, 0.29) is 5.60 Å². The Morgan fingerprint density at radius 2 is 1.83 bits per heavy atom. The second kappa shape index (κ2) is 3.35. The smallest absolute Gasteiger partial charge is 0.0800 e. The van der Waals surface area contributed by atoms with Crippen molar-refractivity contribution in [1.29, 1.82) is 0 Å². The summed E-state index contributed by atoms with van der Waals surface area (Å²) in [5.41, 5.74) is -0.352. The van der Waals surface area contributed by atoms with Crippen molar-refractivity contribution in [2.75, 3.05) is 6.54 Å². The van der Waals surface area contributed by atoms with E-state index in [4.69, 9.17) is 0 Å². The lowest BCUT2D eigenvalue weighted by Crippen LogP contribution is -2.48. The molecule has 70 valence electrons. The molecule has 0 spiro atoms. The molecule has 0 amide bonds. The minimum absolute atomic E-state index is 0.352. The van der Waals surface area contributed by atoms with Gasteiger partial charge >= 0.3 is 0 Å². The molecule has 2 N–H and O–H groups in total. The summed E-state index contributed by atoms with van der Waals surface area (Å²) < 4.78 is 0. The van der Waals surface area contributed by atoms with Gasteiger partial charge in [0.1, 0.15) is 0 Å². The van der Waals surface area contributed by atoms with Gasteiger partial charge in [0.25, 0.3) is 0 Å². The molecule has 12 heavy (non-hydrogen) atoms. The maximum Gasteiger partial charge on any atom is 0.0800 e. The van der Waals surface area contributed by atoms with Crippen molar-refractivity contribution < 1.29 is 5.11 Å². The van der Waals surface area contributed by atoms with Gasteiger partial charge in [-0.3, -0.25) is 0 Å². The van der Waals surface area contributed by atoms with Crippen molar-refractivity contribution in [3.8, 4) is 0 Å². The van der Waals surface area contributed by atoms with Gasteiger partial charge in [0.05, 0.1) is 5.60 Å². The summed E-state index contributed by atoms with van der Waals surface area (Å²) in [5, 5.41) is 13.7. The molecule has 0 aromatic heterocycles. The zero-order chi connectivity index (χ0) is 8.44. The van der Waals surface area contributed by atoms with Gasteiger partial charge < -0.3 is 10.4 Å². The number of rotatable bonds is 1. The second-order valence-corrected chi connectivity index (χ2v) is 4.31. The van der Waals surface area contributed by atoms with Crippen molar-refractivity contribution in [2.45, 2.75) is 56.6 Å². The largest absolute Gasteiger partial charge is 0.388 e. The molecule has 2 nitrogen and oxygen atoms in total. The third-order valence-corrected chi connectivity index (χ3v) is 3.43. The standard InChI is InChI=1S/C10H19NO/c12-10(6-2-1-3-7-10)9-5-4-8-11-9/h9,11-12H,1-8H2/t9-/m1/s1. The summed E-state index contributed by atoms with van der Waals surface area (Å²) in [7, 11) is 0. The minimum atomic E-state index is -0.352. The molecule has 0 aromatic carbocycles. The first-order valence-corrected chi connectivity index (χ1v) is 5.27. The van der Waals surface area contributed by atoms with Crippen LogP contribution in [0.3, 0.4) is 0 Å². The zero-order valence-corrected chi connectivity index (χ0v) is 7.68. The van der Waals surface area contributed by atoms with Crippen molar-refractivity contribution in [1.82, 2.24) is 5.32 Å². The van der Waals surface area contributed by atoms with Crippen molar-refractivity contribution in [2.24, 2.45) is 0 Å². The number of hydrogen-bond acceptors (Lipinski definition) is 2. The Hall–Kier alpha value is -0.0800. The molecule has 0 radical (unpaired) electrons. The second-order valence-electron chi connectivity index (χ2n) is 4.31. The molecule has 1 saturated heterocycles. The van der Waals surface area contributed by atoms with Crippen molar-refractivity contribution >= 4 is 0 Å². The molecule has 2 aliphatic rings. The average molecular weight is 169 g/mol. The molecule has 2 heteroatoms. The fraction of sp³-hybridized carbons (Fsp3) is 1.00. The summed E-state index contributed by atoms with van der Waals surface area (Å²) in [6, 6.07) is 0.401. The van der Waals surface area contributed by atoms with Gasteiger partial charge in [0.2, 0.25) is 0 Å². The van der Waals surface area contributed by atoms with Gasteiger partial charge in [0, 0.05) is 6.04 Å². The molecular formula is C10H19NO. The van der Waals surface area contributed by atoms with Crippen LogP contribution < -0.4 is 5.32 Å². The molecule has 1 saturated carbocycles. The highest BCUT2D eigenvalue weighted by molar-refractivity contribution is 4.96.